The van der Waals surface area contributed by atoms with E-state index in [9.17, 15) is 4.39 Å². The molecule has 2 rings (SSSR count). The number of hydrogen-bond acceptors (Lipinski definition) is 2. The number of aromatic nitrogens is 2. The maximum absolute atomic E-state index is 13.3. The fraction of sp³-hybridized carbons (Fsp3) is 0.471. The molecule has 3 nitrogen and oxygen atoms in total. The third kappa shape index (κ3) is 3.50. The summed E-state index contributed by atoms with van der Waals surface area (Å²) in [5.41, 5.74) is 4.24. The van der Waals surface area contributed by atoms with Gasteiger partial charge in [-0.2, -0.15) is 5.10 Å². The van der Waals surface area contributed by atoms with E-state index in [1.54, 1.807) is 12.1 Å². The predicted molar refractivity (Wildman–Crippen MR) is 84.3 cm³/mol. The molecule has 0 fully saturated rings. The second-order valence-corrected chi connectivity index (χ2v) is 5.73. The molecule has 1 N–H and O–H groups in total. The van der Waals surface area contributed by atoms with Crippen molar-refractivity contribution in [2.75, 3.05) is 6.54 Å². The molecule has 0 bridgehead atoms. The molecule has 114 valence electrons. The Kier molecular flexibility index (Phi) is 5.12. The van der Waals surface area contributed by atoms with Crippen molar-refractivity contribution in [3.8, 4) is 5.69 Å². The number of aryl methyl sites for hydroxylation is 1. The van der Waals surface area contributed by atoms with Gasteiger partial charge in [0.15, 0.2) is 0 Å². The smallest absolute Gasteiger partial charge is 0.123 e. The van der Waals surface area contributed by atoms with Gasteiger partial charge in [0, 0.05) is 12.1 Å². The van der Waals surface area contributed by atoms with E-state index >= 15 is 0 Å². The van der Waals surface area contributed by atoms with Crippen LogP contribution in [0, 0.1) is 12.7 Å². The number of rotatable bonds is 6. The van der Waals surface area contributed by atoms with E-state index < -0.39 is 0 Å². The SMILES string of the molecule is CCCNCc1cnn(-c2ccc(F)cc2C)c1C(C)C. The Morgan fingerprint density at radius 2 is 2.10 bits per heavy atom. The number of hydrogen-bond donors (Lipinski definition) is 1. The van der Waals surface area contributed by atoms with Gasteiger partial charge in [0.2, 0.25) is 0 Å². The number of halogens is 1. The van der Waals surface area contributed by atoms with E-state index in [0.29, 0.717) is 5.92 Å². The summed E-state index contributed by atoms with van der Waals surface area (Å²) in [6.45, 7) is 10.2. The van der Waals surface area contributed by atoms with Crippen LogP contribution in [0.4, 0.5) is 4.39 Å². The van der Waals surface area contributed by atoms with Gasteiger partial charge in [-0.1, -0.05) is 20.8 Å². The minimum Gasteiger partial charge on any atom is -0.313 e. The van der Waals surface area contributed by atoms with Crippen molar-refractivity contribution in [3.05, 3.63) is 47.0 Å². The molecule has 2 aromatic rings. The molecule has 0 saturated carbocycles. The molecule has 0 unspecified atom stereocenters. The zero-order valence-electron chi connectivity index (χ0n) is 13.3. The van der Waals surface area contributed by atoms with Crippen LogP contribution < -0.4 is 5.32 Å². The van der Waals surface area contributed by atoms with E-state index in [0.717, 1.165) is 30.8 Å². The quantitative estimate of drug-likeness (QED) is 0.816. The van der Waals surface area contributed by atoms with Gasteiger partial charge >= 0.3 is 0 Å². The van der Waals surface area contributed by atoms with E-state index in [-0.39, 0.29) is 5.82 Å². The molecule has 0 aliphatic rings. The highest BCUT2D eigenvalue weighted by Gasteiger charge is 2.16. The molecule has 0 radical (unpaired) electrons. The van der Waals surface area contributed by atoms with Gasteiger partial charge in [-0.25, -0.2) is 9.07 Å². The molecule has 1 aromatic heterocycles. The summed E-state index contributed by atoms with van der Waals surface area (Å²) in [5.74, 6) is 0.148. The molecule has 0 aliphatic carbocycles. The molecule has 0 atom stereocenters. The first-order chi connectivity index (χ1) is 10.0. The van der Waals surface area contributed by atoms with E-state index in [1.165, 1.54) is 17.3 Å². The summed E-state index contributed by atoms with van der Waals surface area (Å²) < 4.78 is 15.2. The highest BCUT2D eigenvalue weighted by atomic mass is 19.1. The largest absolute Gasteiger partial charge is 0.313 e. The van der Waals surface area contributed by atoms with Gasteiger partial charge in [-0.05, 0) is 49.6 Å². The predicted octanol–water partition coefficient (Wildman–Crippen LogP) is 3.94. The topological polar surface area (TPSA) is 29.9 Å². The fourth-order valence-electron chi connectivity index (χ4n) is 2.59. The highest BCUT2D eigenvalue weighted by molar-refractivity contribution is 5.43. The number of nitrogens with zero attached hydrogens (tertiary/aromatic N) is 2. The lowest BCUT2D eigenvalue weighted by Gasteiger charge is -2.15. The minimum absolute atomic E-state index is 0.209. The van der Waals surface area contributed by atoms with Crippen LogP contribution in [-0.2, 0) is 6.54 Å². The Labute approximate surface area is 126 Å². The van der Waals surface area contributed by atoms with E-state index in [2.05, 4.69) is 31.2 Å². The lowest BCUT2D eigenvalue weighted by Crippen LogP contribution is -2.16. The van der Waals surface area contributed by atoms with Crippen molar-refractivity contribution >= 4 is 0 Å². The standard InChI is InChI=1S/C17H24FN3/c1-5-8-19-10-14-11-20-21(17(14)12(2)3)16-7-6-15(18)9-13(16)4/h6-7,9,11-12,19H,5,8,10H2,1-4H3. The Morgan fingerprint density at radius 1 is 1.33 bits per heavy atom. The molecule has 1 aromatic carbocycles. The van der Waals surface area contributed by atoms with Crippen LogP contribution in [-0.4, -0.2) is 16.3 Å². The lowest BCUT2D eigenvalue weighted by molar-refractivity contribution is 0.624. The van der Waals surface area contributed by atoms with Crippen molar-refractivity contribution in [3.63, 3.8) is 0 Å². The molecule has 4 heteroatoms. The summed E-state index contributed by atoms with van der Waals surface area (Å²) in [6, 6.07) is 4.84. The van der Waals surface area contributed by atoms with Crippen molar-refractivity contribution in [1.29, 1.82) is 0 Å². The number of nitrogens with one attached hydrogen (secondary N) is 1. The van der Waals surface area contributed by atoms with E-state index in [4.69, 9.17) is 0 Å². The van der Waals surface area contributed by atoms with Gasteiger partial charge in [0.25, 0.3) is 0 Å². The molecule has 1 heterocycles. The Hall–Kier alpha value is -1.68. The van der Waals surface area contributed by atoms with Crippen LogP contribution in [0.1, 0.15) is 49.9 Å². The van der Waals surface area contributed by atoms with Crippen LogP contribution in [0.25, 0.3) is 5.69 Å². The highest BCUT2D eigenvalue weighted by Crippen LogP contribution is 2.25. The normalized spacial score (nSPS) is 11.3. The monoisotopic (exact) mass is 289 g/mol. The minimum atomic E-state index is -0.209. The van der Waals surface area contributed by atoms with Gasteiger partial charge < -0.3 is 5.32 Å². The molecular formula is C17H24FN3. The lowest BCUT2D eigenvalue weighted by atomic mass is 10.0. The summed E-state index contributed by atoms with van der Waals surface area (Å²) in [6.07, 6.45) is 3.03. The Balaban J connectivity index is 2.39. The molecule has 0 aliphatic heterocycles. The Morgan fingerprint density at radius 3 is 2.71 bits per heavy atom. The first kappa shape index (κ1) is 15.7. The maximum atomic E-state index is 13.3. The van der Waals surface area contributed by atoms with Crippen molar-refractivity contribution in [1.82, 2.24) is 15.1 Å². The van der Waals surface area contributed by atoms with Gasteiger partial charge in [-0.15, -0.1) is 0 Å². The molecule has 0 saturated heterocycles. The molecule has 0 amide bonds. The second kappa shape index (κ2) is 6.85. The zero-order valence-corrected chi connectivity index (χ0v) is 13.3. The maximum Gasteiger partial charge on any atom is 0.123 e. The first-order valence-corrected chi connectivity index (χ1v) is 7.58. The Bertz CT molecular complexity index is 602. The van der Waals surface area contributed by atoms with Crippen molar-refractivity contribution in [2.45, 2.75) is 46.6 Å². The molecule has 21 heavy (non-hydrogen) atoms. The summed E-state index contributed by atoms with van der Waals surface area (Å²) >= 11 is 0. The average Bonchev–Trinajstić information content (AvgIpc) is 2.83. The number of benzene rings is 1. The van der Waals surface area contributed by atoms with Gasteiger partial charge in [0.05, 0.1) is 17.6 Å². The van der Waals surface area contributed by atoms with Crippen LogP contribution >= 0.6 is 0 Å². The first-order valence-electron chi connectivity index (χ1n) is 7.58. The third-order valence-electron chi connectivity index (χ3n) is 3.56. The second-order valence-electron chi connectivity index (χ2n) is 5.73. The summed E-state index contributed by atoms with van der Waals surface area (Å²) in [5, 5.41) is 7.95. The molecule has 0 spiro atoms. The zero-order chi connectivity index (χ0) is 15.4. The van der Waals surface area contributed by atoms with Gasteiger partial charge in [-0.3, -0.25) is 0 Å². The van der Waals surface area contributed by atoms with Crippen LogP contribution in [0.3, 0.4) is 0 Å². The van der Waals surface area contributed by atoms with E-state index in [1.807, 2.05) is 17.8 Å². The summed E-state index contributed by atoms with van der Waals surface area (Å²) in [4.78, 5) is 0. The van der Waals surface area contributed by atoms with Crippen LogP contribution in [0.15, 0.2) is 24.4 Å². The van der Waals surface area contributed by atoms with Gasteiger partial charge in [0.1, 0.15) is 5.82 Å². The molecular weight excluding hydrogens is 265 g/mol. The third-order valence-corrected chi connectivity index (χ3v) is 3.56. The average molecular weight is 289 g/mol. The summed E-state index contributed by atoms with van der Waals surface area (Å²) in [7, 11) is 0. The fourth-order valence-corrected chi connectivity index (χ4v) is 2.59. The van der Waals surface area contributed by atoms with Crippen molar-refractivity contribution in [2.24, 2.45) is 0 Å². The van der Waals surface area contributed by atoms with Crippen molar-refractivity contribution < 1.29 is 4.39 Å². The van der Waals surface area contributed by atoms with Crippen LogP contribution in [0.2, 0.25) is 0 Å². The van der Waals surface area contributed by atoms with Crippen LogP contribution in [0.5, 0.6) is 0 Å².